The number of fused-ring (bicyclic) bond motifs is 1. The number of aryl methyl sites for hydroxylation is 1. The van der Waals surface area contributed by atoms with Gasteiger partial charge in [-0.2, -0.15) is 0 Å². The first-order valence-corrected chi connectivity index (χ1v) is 7.07. The van der Waals surface area contributed by atoms with Gasteiger partial charge in [0.15, 0.2) is 5.65 Å². The normalized spacial score (nSPS) is 24.9. The van der Waals surface area contributed by atoms with Crippen molar-refractivity contribution in [2.45, 2.75) is 25.7 Å². The summed E-state index contributed by atoms with van der Waals surface area (Å²) in [6.45, 7) is 2.14. The number of imidazole rings is 1. The third kappa shape index (κ3) is 2.40. The molecule has 0 bridgehead atoms. The molecule has 1 N–H and O–H groups in total. The fraction of sp³-hybridized carbons (Fsp3) is 0.500. The van der Waals surface area contributed by atoms with Crippen molar-refractivity contribution in [2.75, 3.05) is 6.61 Å². The van der Waals surface area contributed by atoms with E-state index in [2.05, 4.69) is 15.0 Å². The molecule has 2 aromatic rings. The van der Waals surface area contributed by atoms with Crippen LogP contribution < -0.4 is 0 Å². The van der Waals surface area contributed by atoms with Gasteiger partial charge in [-0.05, 0) is 6.92 Å². The second-order valence-electron chi connectivity index (χ2n) is 4.31. The van der Waals surface area contributed by atoms with Crippen molar-refractivity contribution >= 4 is 19.4 Å². The lowest BCUT2D eigenvalue weighted by Gasteiger charge is -2.11. The van der Waals surface area contributed by atoms with Crippen molar-refractivity contribution in [3.8, 4) is 0 Å². The minimum Gasteiger partial charge on any atom is -0.355 e. The number of hydrogen-bond donors (Lipinski definition) is 1. The van der Waals surface area contributed by atoms with Crippen LogP contribution in [-0.2, 0) is 13.8 Å². The summed E-state index contributed by atoms with van der Waals surface area (Å²) >= 11 is 0. The maximum Gasteiger partial charge on any atom is 0.316 e. The quantitative estimate of drug-likeness (QED) is 0.833. The molecule has 8 nitrogen and oxygen atoms in total. The molecule has 1 unspecified atom stereocenters. The molecule has 2 aromatic heterocycles. The van der Waals surface area contributed by atoms with E-state index in [1.807, 2.05) is 6.92 Å². The van der Waals surface area contributed by atoms with Gasteiger partial charge in [0, 0.05) is 6.42 Å². The summed E-state index contributed by atoms with van der Waals surface area (Å²) in [5, 5.41) is 0. The maximum absolute atomic E-state index is 10.7. The van der Waals surface area contributed by atoms with E-state index < -0.39 is 8.25 Å². The summed E-state index contributed by atoms with van der Waals surface area (Å²) in [6, 6.07) is 0. The van der Waals surface area contributed by atoms with Gasteiger partial charge in [-0.3, -0.25) is 9.13 Å². The number of hydrogen-bond acceptors (Lipinski definition) is 6. The van der Waals surface area contributed by atoms with E-state index in [1.54, 1.807) is 10.9 Å². The lowest BCUT2D eigenvalue weighted by atomic mass is 10.3. The van der Waals surface area contributed by atoms with Crippen LogP contribution in [0.3, 0.4) is 0 Å². The van der Waals surface area contributed by atoms with Gasteiger partial charge in [0.05, 0.1) is 24.7 Å². The molecule has 0 radical (unpaired) electrons. The fourth-order valence-electron chi connectivity index (χ4n) is 2.18. The van der Waals surface area contributed by atoms with E-state index in [0.717, 1.165) is 11.2 Å². The van der Waals surface area contributed by atoms with Crippen molar-refractivity contribution in [3.05, 3.63) is 18.3 Å². The lowest BCUT2D eigenvalue weighted by Crippen LogP contribution is -2.09. The number of aromatic nitrogens is 4. The molecule has 0 aliphatic carbocycles. The molecule has 3 heterocycles. The highest BCUT2D eigenvalue weighted by molar-refractivity contribution is 7.32. The van der Waals surface area contributed by atoms with Crippen LogP contribution in [0.25, 0.3) is 11.2 Å². The topological polar surface area (TPSA) is 99.4 Å². The first-order valence-electron chi connectivity index (χ1n) is 5.80. The average molecular weight is 284 g/mol. The zero-order valence-electron chi connectivity index (χ0n) is 10.2. The molecule has 1 saturated heterocycles. The monoisotopic (exact) mass is 284 g/mol. The Morgan fingerprint density at radius 3 is 3.16 bits per heavy atom. The van der Waals surface area contributed by atoms with Gasteiger partial charge in [-0.1, -0.05) is 0 Å². The minimum absolute atomic E-state index is 0.283. The molecule has 9 heteroatoms. The van der Waals surface area contributed by atoms with Crippen LogP contribution in [0.5, 0.6) is 0 Å². The molecule has 3 atom stereocenters. The third-order valence-electron chi connectivity index (χ3n) is 3.06. The number of rotatable bonds is 3. The van der Waals surface area contributed by atoms with Crippen LogP contribution in [0, 0.1) is 6.92 Å². The summed E-state index contributed by atoms with van der Waals surface area (Å²) in [6.07, 6.45) is 2.95. The molecule has 19 heavy (non-hydrogen) atoms. The van der Waals surface area contributed by atoms with Gasteiger partial charge in [0.1, 0.15) is 18.1 Å². The first-order chi connectivity index (χ1) is 9.15. The molecule has 1 fully saturated rings. The molecule has 3 rings (SSSR count). The standard InChI is InChI=1S/C10H13N4O4P/c1-6-9-10(12-4-11-6)14(5-13-9)8-2-7(3-17-8)18-19(15)16/h4-5,7-8,19H,2-3H2,1H3,(H,15,16)/t7-,8+/m0/s1. The van der Waals surface area contributed by atoms with Gasteiger partial charge in [-0.25, -0.2) is 15.0 Å². The molecular weight excluding hydrogens is 271 g/mol. The van der Waals surface area contributed by atoms with E-state index in [4.69, 9.17) is 14.2 Å². The Morgan fingerprint density at radius 1 is 1.53 bits per heavy atom. The van der Waals surface area contributed by atoms with Crippen molar-refractivity contribution < 1.29 is 18.7 Å². The zero-order valence-corrected chi connectivity index (χ0v) is 11.2. The van der Waals surface area contributed by atoms with E-state index in [0.29, 0.717) is 12.1 Å². The van der Waals surface area contributed by atoms with Crippen LogP contribution in [0.1, 0.15) is 18.3 Å². The van der Waals surface area contributed by atoms with Crippen LogP contribution in [0.15, 0.2) is 12.7 Å². The molecule has 0 saturated carbocycles. The summed E-state index contributed by atoms with van der Waals surface area (Å²) < 4.78 is 22.9. The van der Waals surface area contributed by atoms with Crippen LogP contribution in [-0.4, -0.2) is 37.1 Å². The molecule has 1 aliphatic rings. The van der Waals surface area contributed by atoms with Crippen molar-refractivity contribution in [1.82, 2.24) is 19.5 Å². The highest BCUT2D eigenvalue weighted by Gasteiger charge is 2.29. The van der Waals surface area contributed by atoms with Crippen LogP contribution >= 0.6 is 8.25 Å². The first kappa shape index (κ1) is 12.7. The molecule has 0 spiro atoms. The molecule has 0 aromatic carbocycles. The summed E-state index contributed by atoms with van der Waals surface area (Å²) in [4.78, 5) is 21.3. The summed E-state index contributed by atoms with van der Waals surface area (Å²) in [7, 11) is -2.94. The second kappa shape index (κ2) is 4.97. The summed E-state index contributed by atoms with van der Waals surface area (Å²) in [5.74, 6) is 0. The largest absolute Gasteiger partial charge is 0.355 e. The van der Waals surface area contributed by atoms with Gasteiger partial charge in [-0.15, -0.1) is 0 Å². The number of nitrogens with zero attached hydrogens (tertiary/aromatic N) is 4. The maximum atomic E-state index is 10.7. The van der Waals surface area contributed by atoms with E-state index >= 15 is 0 Å². The van der Waals surface area contributed by atoms with Gasteiger partial charge < -0.3 is 14.2 Å². The minimum atomic E-state index is -2.94. The number of ether oxygens (including phenoxy) is 1. The fourth-order valence-corrected chi connectivity index (χ4v) is 2.63. The Kier molecular flexibility index (Phi) is 3.32. The molecule has 0 amide bonds. The van der Waals surface area contributed by atoms with Crippen LogP contribution in [0.4, 0.5) is 0 Å². The Morgan fingerprint density at radius 2 is 2.37 bits per heavy atom. The summed E-state index contributed by atoms with van der Waals surface area (Å²) in [5.41, 5.74) is 2.22. The van der Waals surface area contributed by atoms with Gasteiger partial charge in [0.2, 0.25) is 0 Å². The van der Waals surface area contributed by atoms with Gasteiger partial charge >= 0.3 is 8.25 Å². The highest BCUT2D eigenvalue weighted by atomic mass is 31.1. The van der Waals surface area contributed by atoms with Crippen LogP contribution in [0.2, 0.25) is 0 Å². The highest BCUT2D eigenvalue weighted by Crippen LogP contribution is 2.32. The molecule has 1 aliphatic heterocycles. The average Bonchev–Trinajstić information content (AvgIpc) is 2.95. The zero-order chi connectivity index (χ0) is 13.4. The second-order valence-corrected chi connectivity index (χ2v) is 5.08. The molecule has 102 valence electrons. The van der Waals surface area contributed by atoms with Crippen molar-refractivity contribution in [3.63, 3.8) is 0 Å². The van der Waals surface area contributed by atoms with E-state index in [9.17, 15) is 4.57 Å². The predicted octanol–water partition coefficient (Wildman–Crippen LogP) is 0.821. The SMILES string of the molecule is Cc1ncnc2c1ncn2[C@H]1C[C@H](O[PH](=O)O)CO1. The smallest absolute Gasteiger partial charge is 0.316 e. The van der Waals surface area contributed by atoms with E-state index in [1.165, 1.54) is 6.33 Å². The Labute approximate surface area is 109 Å². The Balaban J connectivity index is 1.86. The predicted molar refractivity (Wildman–Crippen MR) is 65.8 cm³/mol. The third-order valence-corrected chi connectivity index (χ3v) is 3.59. The molecular formula is C10H13N4O4P. The van der Waals surface area contributed by atoms with Crippen molar-refractivity contribution in [1.29, 1.82) is 0 Å². The van der Waals surface area contributed by atoms with Crippen molar-refractivity contribution in [2.24, 2.45) is 0 Å². The van der Waals surface area contributed by atoms with E-state index in [-0.39, 0.29) is 18.9 Å². The Bertz CT molecular complexity index is 631. The Hall–Kier alpha value is -1.34. The van der Waals surface area contributed by atoms with Gasteiger partial charge in [0.25, 0.3) is 0 Å². The lowest BCUT2D eigenvalue weighted by molar-refractivity contribution is 0.0520.